The van der Waals surface area contributed by atoms with E-state index in [1.165, 1.54) is 12.0 Å². The maximum atomic E-state index is 12.9. The normalized spacial score (nSPS) is 17.8. The maximum Gasteiger partial charge on any atom is 0.228 e. The van der Waals surface area contributed by atoms with Gasteiger partial charge in [-0.1, -0.05) is 36.8 Å². The summed E-state index contributed by atoms with van der Waals surface area (Å²) in [6, 6.07) is 8.83. The molecule has 1 aromatic carbocycles. The van der Waals surface area contributed by atoms with Crippen molar-refractivity contribution in [2.45, 2.75) is 52.0 Å². The van der Waals surface area contributed by atoms with E-state index in [1.807, 2.05) is 0 Å². The zero-order valence-corrected chi connectivity index (χ0v) is 16.3. The van der Waals surface area contributed by atoms with Gasteiger partial charge in [0.15, 0.2) is 4.96 Å². The van der Waals surface area contributed by atoms with Crippen molar-refractivity contribution in [3.8, 4) is 11.3 Å². The van der Waals surface area contributed by atoms with Crippen LogP contribution in [0.25, 0.3) is 16.2 Å². The van der Waals surface area contributed by atoms with Gasteiger partial charge in [-0.25, -0.2) is 4.98 Å². The summed E-state index contributed by atoms with van der Waals surface area (Å²) < 4.78 is 2.09. The number of piperidine rings is 1. The van der Waals surface area contributed by atoms with Gasteiger partial charge in [-0.05, 0) is 32.6 Å². The van der Waals surface area contributed by atoms with Crippen molar-refractivity contribution >= 4 is 22.2 Å². The largest absolute Gasteiger partial charge is 0.339 e. The number of aryl methyl sites for hydroxylation is 1. The molecule has 26 heavy (non-hydrogen) atoms. The van der Waals surface area contributed by atoms with Gasteiger partial charge in [0, 0.05) is 35.4 Å². The summed E-state index contributed by atoms with van der Waals surface area (Å²) in [5.74, 6) is 0.252. The highest BCUT2D eigenvalue weighted by atomic mass is 32.1. The minimum atomic E-state index is 0.252. The van der Waals surface area contributed by atoms with Gasteiger partial charge < -0.3 is 4.90 Å². The molecule has 136 valence electrons. The van der Waals surface area contributed by atoms with E-state index >= 15 is 0 Å². The van der Waals surface area contributed by atoms with Crippen molar-refractivity contribution < 1.29 is 4.79 Å². The standard InChI is InChI=1S/C21H25N3OS/c1-3-17-6-4-5-11-23(17)20(25)12-18-14-26-21-22-19(13-24(18)21)16-9-7-15(2)8-10-16/h7-10,13-14,17H,3-6,11-12H2,1-2H3. The number of carbonyl (C=O) groups is 1. The Hall–Kier alpha value is -2.14. The number of hydrogen-bond donors (Lipinski definition) is 0. The smallest absolute Gasteiger partial charge is 0.228 e. The second kappa shape index (κ2) is 7.23. The average Bonchev–Trinajstić information content (AvgIpc) is 3.24. The van der Waals surface area contributed by atoms with E-state index < -0.39 is 0 Å². The number of fused-ring (bicyclic) bond motifs is 1. The monoisotopic (exact) mass is 367 g/mol. The van der Waals surface area contributed by atoms with Gasteiger partial charge in [0.1, 0.15) is 0 Å². The van der Waals surface area contributed by atoms with E-state index in [9.17, 15) is 4.79 Å². The van der Waals surface area contributed by atoms with E-state index in [2.05, 4.69) is 59.0 Å². The molecular weight excluding hydrogens is 342 g/mol. The topological polar surface area (TPSA) is 37.6 Å². The molecule has 5 heteroatoms. The van der Waals surface area contributed by atoms with Crippen LogP contribution in [0.5, 0.6) is 0 Å². The molecule has 0 bridgehead atoms. The average molecular weight is 368 g/mol. The van der Waals surface area contributed by atoms with Crippen LogP contribution in [-0.2, 0) is 11.2 Å². The minimum Gasteiger partial charge on any atom is -0.339 e. The fourth-order valence-electron chi connectivity index (χ4n) is 3.83. The highest BCUT2D eigenvalue weighted by Gasteiger charge is 2.26. The van der Waals surface area contributed by atoms with Gasteiger partial charge in [-0.3, -0.25) is 9.20 Å². The Bertz CT molecular complexity index is 909. The molecule has 1 amide bonds. The highest BCUT2D eigenvalue weighted by Crippen LogP contribution is 2.26. The Morgan fingerprint density at radius 3 is 2.85 bits per heavy atom. The van der Waals surface area contributed by atoms with Gasteiger partial charge >= 0.3 is 0 Å². The molecule has 1 unspecified atom stereocenters. The molecule has 4 nitrogen and oxygen atoms in total. The molecule has 3 aromatic rings. The number of carbonyl (C=O) groups excluding carboxylic acids is 1. The Balaban J connectivity index is 1.57. The zero-order valence-electron chi connectivity index (χ0n) is 15.4. The Kier molecular flexibility index (Phi) is 4.81. The fourth-order valence-corrected chi connectivity index (χ4v) is 4.70. The molecule has 0 spiro atoms. The molecule has 2 aromatic heterocycles. The molecule has 3 heterocycles. The number of likely N-dealkylation sites (tertiary alicyclic amines) is 1. The van der Waals surface area contributed by atoms with E-state index in [0.717, 1.165) is 47.7 Å². The zero-order chi connectivity index (χ0) is 18.1. The number of rotatable bonds is 4. The van der Waals surface area contributed by atoms with E-state index in [1.54, 1.807) is 11.3 Å². The number of hydrogen-bond acceptors (Lipinski definition) is 3. The van der Waals surface area contributed by atoms with Crippen LogP contribution in [-0.4, -0.2) is 32.8 Å². The van der Waals surface area contributed by atoms with Crippen LogP contribution in [0.15, 0.2) is 35.8 Å². The van der Waals surface area contributed by atoms with Gasteiger partial charge in [0.25, 0.3) is 0 Å². The molecule has 0 radical (unpaired) electrons. The third-order valence-corrected chi connectivity index (χ3v) is 6.27. The molecule has 1 atom stereocenters. The van der Waals surface area contributed by atoms with Crippen LogP contribution in [0.1, 0.15) is 43.9 Å². The number of imidazole rings is 1. The third-order valence-electron chi connectivity index (χ3n) is 5.38. The summed E-state index contributed by atoms with van der Waals surface area (Å²) in [6.07, 6.45) is 7.08. The summed E-state index contributed by atoms with van der Waals surface area (Å²) in [6.45, 7) is 5.18. The van der Waals surface area contributed by atoms with E-state index in [4.69, 9.17) is 4.98 Å². The van der Waals surface area contributed by atoms with Gasteiger partial charge in [-0.2, -0.15) is 0 Å². The third kappa shape index (κ3) is 3.28. The van der Waals surface area contributed by atoms with Crippen molar-refractivity contribution in [3.63, 3.8) is 0 Å². The lowest BCUT2D eigenvalue weighted by atomic mass is 9.99. The first-order valence-corrected chi connectivity index (χ1v) is 10.4. The Morgan fingerprint density at radius 2 is 2.08 bits per heavy atom. The van der Waals surface area contributed by atoms with E-state index in [0.29, 0.717) is 12.5 Å². The first-order chi connectivity index (χ1) is 12.7. The summed E-state index contributed by atoms with van der Waals surface area (Å²) in [5.41, 5.74) is 4.37. The lowest BCUT2D eigenvalue weighted by Gasteiger charge is -2.35. The summed E-state index contributed by atoms with van der Waals surface area (Å²) in [5, 5.41) is 2.07. The number of benzene rings is 1. The predicted molar refractivity (Wildman–Crippen MR) is 107 cm³/mol. The summed E-state index contributed by atoms with van der Waals surface area (Å²) in [4.78, 5) is 20.7. The Morgan fingerprint density at radius 1 is 1.27 bits per heavy atom. The number of nitrogens with zero attached hydrogens (tertiary/aromatic N) is 3. The van der Waals surface area contributed by atoms with Crippen LogP contribution in [0.3, 0.4) is 0 Å². The molecule has 1 fully saturated rings. The quantitative estimate of drug-likeness (QED) is 0.670. The van der Waals surface area contributed by atoms with Gasteiger partial charge in [-0.15, -0.1) is 11.3 Å². The van der Waals surface area contributed by atoms with Gasteiger partial charge in [0.05, 0.1) is 12.1 Å². The highest BCUT2D eigenvalue weighted by molar-refractivity contribution is 7.15. The molecule has 0 N–H and O–H groups in total. The van der Waals surface area contributed by atoms with Crippen LogP contribution in [0.4, 0.5) is 0 Å². The molecular formula is C21H25N3OS. The van der Waals surface area contributed by atoms with Crippen LogP contribution < -0.4 is 0 Å². The number of aromatic nitrogens is 2. The molecule has 1 aliphatic heterocycles. The van der Waals surface area contributed by atoms with Crippen molar-refractivity contribution in [2.24, 2.45) is 0 Å². The molecule has 0 saturated carbocycles. The second-order valence-corrected chi connectivity index (χ2v) is 8.03. The molecule has 1 aliphatic rings. The SMILES string of the molecule is CCC1CCCCN1C(=O)Cc1csc2nc(-c3ccc(C)cc3)cn12. The number of thiazole rings is 1. The van der Waals surface area contributed by atoms with Crippen molar-refractivity contribution in [1.82, 2.24) is 14.3 Å². The second-order valence-electron chi connectivity index (χ2n) is 7.19. The van der Waals surface area contributed by atoms with Crippen molar-refractivity contribution in [2.75, 3.05) is 6.54 Å². The first-order valence-electron chi connectivity index (χ1n) is 9.47. The summed E-state index contributed by atoms with van der Waals surface area (Å²) >= 11 is 1.61. The Labute approximate surface area is 158 Å². The molecule has 1 saturated heterocycles. The van der Waals surface area contributed by atoms with E-state index in [-0.39, 0.29) is 5.91 Å². The van der Waals surface area contributed by atoms with Crippen molar-refractivity contribution in [1.29, 1.82) is 0 Å². The van der Waals surface area contributed by atoms with Crippen LogP contribution >= 0.6 is 11.3 Å². The van der Waals surface area contributed by atoms with Crippen LogP contribution in [0, 0.1) is 6.92 Å². The lowest BCUT2D eigenvalue weighted by Crippen LogP contribution is -2.44. The van der Waals surface area contributed by atoms with Crippen molar-refractivity contribution in [3.05, 3.63) is 47.1 Å². The van der Waals surface area contributed by atoms with Gasteiger partial charge in [0.2, 0.25) is 5.91 Å². The minimum absolute atomic E-state index is 0.252. The molecule has 0 aliphatic carbocycles. The first kappa shape index (κ1) is 17.3. The van der Waals surface area contributed by atoms with Crippen LogP contribution in [0.2, 0.25) is 0 Å². The maximum absolute atomic E-state index is 12.9. The molecule has 4 rings (SSSR count). The lowest BCUT2D eigenvalue weighted by molar-refractivity contribution is -0.134. The predicted octanol–water partition coefficient (Wildman–Crippen LogP) is 4.70. The number of amides is 1. The fraction of sp³-hybridized carbons (Fsp3) is 0.429. The summed E-state index contributed by atoms with van der Waals surface area (Å²) in [7, 11) is 0.